The van der Waals surface area contributed by atoms with E-state index < -0.39 is 24.7 Å². The Balaban J connectivity index is 2.49. The molecule has 0 radical (unpaired) electrons. The first-order chi connectivity index (χ1) is 6.89. The predicted molar refractivity (Wildman–Crippen MR) is 49.6 cm³/mol. The number of amides is 1. The summed E-state index contributed by atoms with van der Waals surface area (Å²) in [6.45, 7) is -0.420. The third kappa shape index (κ3) is 1.75. The lowest BCUT2D eigenvalue weighted by molar-refractivity contribution is -0.167. The first-order valence-corrected chi connectivity index (χ1v) is 4.91. The molecule has 1 aromatic heterocycles. The van der Waals surface area contributed by atoms with Crippen molar-refractivity contribution in [1.82, 2.24) is 9.88 Å². The highest BCUT2D eigenvalue weighted by Crippen LogP contribution is 2.34. The average molecular weight is 283 g/mol. The number of rotatable bonds is 0. The minimum Gasteiger partial charge on any atom is -0.348 e. The normalized spacial score (nSPS) is 21.1. The maximum atomic E-state index is 12.6. The smallest absolute Gasteiger partial charge is 0.348 e. The van der Waals surface area contributed by atoms with E-state index in [1.165, 1.54) is 12.3 Å². The molecular formula is C8H6BrF3N2O. The number of halogens is 4. The molecule has 1 N–H and O–H groups in total. The molecule has 0 saturated carbocycles. The van der Waals surface area contributed by atoms with Gasteiger partial charge >= 0.3 is 6.18 Å². The average Bonchev–Trinajstić information content (AvgIpc) is 2.45. The van der Waals surface area contributed by atoms with Crippen LogP contribution in [-0.4, -0.2) is 23.2 Å². The fourth-order valence-electron chi connectivity index (χ4n) is 1.54. The van der Waals surface area contributed by atoms with Crippen LogP contribution >= 0.6 is 15.9 Å². The molecule has 1 atom stereocenters. The van der Waals surface area contributed by atoms with Crippen molar-refractivity contribution >= 4 is 21.8 Å². The largest absolute Gasteiger partial charge is 0.410 e. The molecule has 2 heterocycles. The summed E-state index contributed by atoms with van der Waals surface area (Å²) in [4.78, 5) is 11.3. The third-order valence-corrected chi connectivity index (χ3v) is 2.65. The second-order valence-electron chi connectivity index (χ2n) is 3.22. The molecule has 0 aromatic carbocycles. The summed E-state index contributed by atoms with van der Waals surface area (Å²) in [5.41, 5.74) is 0.0236. The van der Waals surface area contributed by atoms with Crippen LogP contribution in [-0.2, 0) is 0 Å². The summed E-state index contributed by atoms with van der Waals surface area (Å²) >= 11 is 3.05. The second-order valence-corrected chi connectivity index (χ2v) is 4.13. The summed E-state index contributed by atoms with van der Waals surface area (Å²) in [5.74, 6) is -0.485. The van der Waals surface area contributed by atoms with Gasteiger partial charge in [0.15, 0.2) is 0 Å². The summed E-state index contributed by atoms with van der Waals surface area (Å²) in [7, 11) is 0. The van der Waals surface area contributed by atoms with Crippen LogP contribution in [0.25, 0.3) is 0 Å². The predicted octanol–water partition coefficient (Wildman–Crippen LogP) is 2.10. The van der Waals surface area contributed by atoms with Gasteiger partial charge in [0, 0.05) is 17.2 Å². The monoisotopic (exact) mass is 282 g/mol. The van der Waals surface area contributed by atoms with Gasteiger partial charge in [0.2, 0.25) is 0 Å². The van der Waals surface area contributed by atoms with Crippen LogP contribution in [0, 0.1) is 0 Å². The van der Waals surface area contributed by atoms with E-state index >= 15 is 0 Å². The Morgan fingerprint density at radius 2 is 2.20 bits per heavy atom. The topological polar surface area (TPSA) is 34.0 Å². The highest BCUT2D eigenvalue weighted by atomic mass is 79.9. The third-order valence-electron chi connectivity index (χ3n) is 2.22. The fraction of sp³-hybridized carbons (Fsp3) is 0.375. The van der Waals surface area contributed by atoms with Gasteiger partial charge in [0.25, 0.3) is 5.91 Å². The lowest BCUT2D eigenvalue weighted by Crippen LogP contribution is -2.44. The molecule has 1 aromatic rings. The van der Waals surface area contributed by atoms with Gasteiger partial charge in [-0.2, -0.15) is 13.2 Å². The zero-order valence-corrected chi connectivity index (χ0v) is 8.89. The van der Waals surface area contributed by atoms with E-state index in [0.29, 0.717) is 4.47 Å². The van der Waals surface area contributed by atoms with E-state index in [-0.39, 0.29) is 5.69 Å². The number of nitrogens with one attached hydrogen (secondary N) is 1. The van der Waals surface area contributed by atoms with Crippen molar-refractivity contribution in [3.63, 3.8) is 0 Å². The molecule has 0 saturated heterocycles. The second kappa shape index (κ2) is 3.26. The number of nitrogens with zero attached hydrogens (tertiary/aromatic N) is 1. The minimum atomic E-state index is -4.36. The standard InChI is InChI=1S/C8H6BrF3N2O/c9-4-1-5-7(15)13-2-6(8(10,11)12)14(5)3-4/h1,3,6H,2H2,(H,13,15). The van der Waals surface area contributed by atoms with Gasteiger partial charge in [-0.25, -0.2) is 0 Å². The summed E-state index contributed by atoms with van der Waals surface area (Å²) < 4.78 is 39.1. The van der Waals surface area contributed by atoms with Crippen LogP contribution in [0.4, 0.5) is 13.2 Å². The van der Waals surface area contributed by atoms with Crippen LogP contribution in [0.5, 0.6) is 0 Å². The van der Waals surface area contributed by atoms with E-state index in [0.717, 1.165) is 4.57 Å². The molecule has 7 heteroatoms. The molecule has 15 heavy (non-hydrogen) atoms. The molecule has 82 valence electrons. The Morgan fingerprint density at radius 3 is 2.80 bits per heavy atom. The van der Waals surface area contributed by atoms with Crippen molar-refractivity contribution in [2.45, 2.75) is 12.2 Å². The number of hydrogen-bond donors (Lipinski definition) is 1. The first-order valence-electron chi connectivity index (χ1n) is 4.12. The zero-order chi connectivity index (χ0) is 11.2. The van der Waals surface area contributed by atoms with E-state index in [2.05, 4.69) is 21.2 Å². The number of aromatic nitrogens is 1. The summed E-state index contributed by atoms with van der Waals surface area (Å²) in [6.07, 6.45) is -3.09. The van der Waals surface area contributed by atoms with Crippen molar-refractivity contribution in [3.8, 4) is 0 Å². The molecule has 1 amide bonds. The van der Waals surface area contributed by atoms with Crippen LogP contribution in [0.2, 0.25) is 0 Å². The van der Waals surface area contributed by atoms with E-state index in [9.17, 15) is 18.0 Å². The Morgan fingerprint density at radius 1 is 1.53 bits per heavy atom. The summed E-state index contributed by atoms with van der Waals surface area (Å²) in [6, 6.07) is -0.316. The highest BCUT2D eigenvalue weighted by molar-refractivity contribution is 9.10. The van der Waals surface area contributed by atoms with Gasteiger partial charge in [-0.05, 0) is 22.0 Å². The van der Waals surface area contributed by atoms with Crippen molar-refractivity contribution < 1.29 is 18.0 Å². The van der Waals surface area contributed by atoms with E-state index in [1.54, 1.807) is 0 Å². The van der Waals surface area contributed by atoms with Crippen LogP contribution in [0.1, 0.15) is 16.5 Å². The highest BCUT2D eigenvalue weighted by Gasteiger charge is 2.44. The molecule has 0 fully saturated rings. The van der Waals surface area contributed by atoms with Crippen molar-refractivity contribution in [2.24, 2.45) is 0 Å². The zero-order valence-electron chi connectivity index (χ0n) is 7.31. The van der Waals surface area contributed by atoms with Gasteiger partial charge in [0.1, 0.15) is 11.7 Å². The molecule has 0 spiro atoms. The molecule has 1 aliphatic heterocycles. The van der Waals surface area contributed by atoms with Gasteiger partial charge in [-0.1, -0.05) is 0 Å². The molecule has 3 nitrogen and oxygen atoms in total. The maximum absolute atomic E-state index is 12.6. The minimum absolute atomic E-state index is 0.0236. The fourth-order valence-corrected chi connectivity index (χ4v) is 1.97. The van der Waals surface area contributed by atoms with Crippen LogP contribution < -0.4 is 5.32 Å². The SMILES string of the molecule is O=C1NCC(C(F)(F)F)n2cc(Br)cc21. The maximum Gasteiger partial charge on any atom is 0.410 e. The summed E-state index contributed by atoms with van der Waals surface area (Å²) in [5, 5.41) is 2.21. The van der Waals surface area contributed by atoms with Crippen molar-refractivity contribution in [2.75, 3.05) is 6.54 Å². The first kappa shape index (κ1) is 10.5. The Labute approximate surface area is 91.4 Å². The number of hydrogen-bond acceptors (Lipinski definition) is 1. The molecular weight excluding hydrogens is 277 g/mol. The Hall–Kier alpha value is -0.980. The van der Waals surface area contributed by atoms with Gasteiger partial charge in [-0.15, -0.1) is 0 Å². The number of fused-ring (bicyclic) bond motifs is 1. The molecule has 2 rings (SSSR count). The number of carbonyl (C=O) groups is 1. The van der Waals surface area contributed by atoms with Crippen molar-refractivity contribution in [1.29, 1.82) is 0 Å². The van der Waals surface area contributed by atoms with E-state index in [4.69, 9.17) is 0 Å². The molecule has 1 unspecified atom stereocenters. The lowest BCUT2D eigenvalue weighted by Gasteiger charge is -2.27. The molecule has 0 bridgehead atoms. The Bertz CT molecular complexity index is 413. The number of carbonyl (C=O) groups excluding carboxylic acids is 1. The number of alkyl halides is 3. The Kier molecular flexibility index (Phi) is 2.29. The van der Waals surface area contributed by atoms with Crippen molar-refractivity contribution in [3.05, 3.63) is 22.4 Å². The molecule has 1 aliphatic rings. The van der Waals surface area contributed by atoms with Gasteiger partial charge < -0.3 is 9.88 Å². The van der Waals surface area contributed by atoms with Crippen LogP contribution in [0.3, 0.4) is 0 Å². The quantitative estimate of drug-likeness (QED) is 0.777. The van der Waals surface area contributed by atoms with E-state index in [1.807, 2.05) is 0 Å². The van der Waals surface area contributed by atoms with Gasteiger partial charge in [0.05, 0.1) is 0 Å². The molecule has 0 aliphatic carbocycles. The van der Waals surface area contributed by atoms with Crippen LogP contribution in [0.15, 0.2) is 16.7 Å². The lowest BCUT2D eigenvalue weighted by atomic mass is 10.2. The van der Waals surface area contributed by atoms with Gasteiger partial charge in [-0.3, -0.25) is 4.79 Å².